The van der Waals surface area contributed by atoms with E-state index in [0.717, 1.165) is 5.56 Å². The molecule has 0 aliphatic carbocycles. The number of hydrogen-bond donors (Lipinski definition) is 2. The number of aromatic nitrogens is 6. The molecule has 0 saturated heterocycles. The quantitative estimate of drug-likeness (QED) is 0.834. The zero-order valence-corrected chi connectivity index (χ0v) is 12.1. The molecule has 0 aliphatic rings. The molecule has 0 aliphatic heterocycles. The molecule has 8 heteroatoms. The number of aromatic amines is 1. The van der Waals surface area contributed by atoms with Crippen molar-refractivity contribution in [3.05, 3.63) is 22.4 Å². The first-order valence-electron chi connectivity index (χ1n) is 5.88. The molecule has 2 rings (SSSR count). The fraction of sp³-hybridized carbons (Fsp3) is 0.545. The standard InChI is InChI=1S/C11H16ClN7/c1-6-8(12)14-10(11(2,3)4)15-9(6)13-5-7-16-18-19-17-7/h5H2,1-4H3,(H,13,14,15)(H,16,17,18,19). The molecule has 0 saturated carbocycles. The predicted octanol–water partition coefficient (Wildman–Crippen LogP) is 1.86. The molecule has 102 valence electrons. The smallest absolute Gasteiger partial charge is 0.193 e. The van der Waals surface area contributed by atoms with Crippen molar-refractivity contribution in [2.24, 2.45) is 0 Å². The summed E-state index contributed by atoms with van der Waals surface area (Å²) in [7, 11) is 0. The Morgan fingerprint density at radius 2 is 2.00 bits per heavy atom. The molecule has 19 heavy (non-hydrogen) atoms. The fourth-order valence-corrected chi connectivity index (χ4v) is 1.59. The predicted molar refractivity (Wildman–Crippen MR) is 72.0 cm³/mol. The average molecular weight is 282 g/mol. The number of tetrazole rings is 1. The summed E-state index contributed by atoms with van der Waals surface area (Å²) >= 11 is 6.14. The molecule has 0 fully saturated rings. The molecule has 0 unspecified atom stereocenters. The molecule has 0 atom stereocenters. The maximum absolute atomic E-state index is 6.14. The van der Waals surface area contributed by atoms with Crippen molar-refractivity contribution in [3.63, 3.8) is 0 Å². The van der Waals surface area contributed by atoms with Crippen LogP contribution in [0.25, 0.3) is 0 Å². The molecule has 2 aromatic rings. The third-order valence-electron chi connectivity index (χ3n) is 2.56. The summed E-state index contributed by atoms with van der Waals surface area (Å²) in [6, 6.07) is 0. The van der Waals surface area contributed by atoms with Gasteiger partial charge in [0.25, 0.3) is 0 Å². The van der Waals surface area contributed by atoms with Gasteiger partial charge >= 0.3 is 0 Å². The van der Waals surface area contributed by atoms with Crippen molar-refractivity contribution >= 4 is 17.4 Å². The summed E-state index contributed by atoms with van der Waals surface area (Å²) in [5, 5.41) is 17.2. The van der Waals surface area contributed by atoms with E-state index in [1.165, 1.54) is 0 Å². The van der Waals surface area contributed by atoms with E-state index in [9.17, 15) is 0 Å². The van der Waals surface area contributed by atoms with Gasteiger partial charge < -0.3 is 5.32 Å². The van der Waals surface area contributed by atoms with Crippen LogP contribution in [0.2, 0.25) is 5.15 Å². The van der Waals surface area contributed by atoms with Crippen molar-refractivity contribution in [2.75, 3.05) is 5.32 Å². The van der Waals surface area contributed by atoms with Gasteiger partial charge in [-0.3, -0.25) is 0 Å². The van der Waals surface area contributed by atoms with E-state index in [1.54, 1.807) is 0 Å². The maximum Gasteiger partial charge on any atom is 0.193 e. The molecule has 0 spiro atoms. The summed E-state index contributed by atoms with van der Waals surface area (Å²) in [4.78, 5) is 8.83. The second kappa shape index (κ2) is 5.08. The highest BCUT2D eigenvalue weighted by atomic mass is 35.5. The third kappa shape index (κ3) is 3.17. The van der Waals surface area contributed by atoms with Crippen molar-refractivity contribution in [1.82, 2.24) is 30.6 Å². The zero-order valence-electron chi connectivity index (χ0n) is 11.3. The molecular formula is C11H16ClN7. The van der Waals surface area contributed by atoms with E-state index in [1.807, 2.05) is 27.7 Å². The van der Waals surface area contributed by atoms with Crippen LogP contribution in [0.1, 0.15) is 38.0 Å². The van der Waals surface area contributed by atoms with Gasteiger partial charge in [0.1, 0.15) is 16.8 Å². The van der Waals surface area contributed by atoms with Crippen LogP contribution >= 0.6 is 11.6 Å². The lowest BCUT2D eigenvalue weighted by Crippen LogP contribution is -2.18. The Labute approximate surface area is 116 Å². The van der Waals surface area contributed by atoms with Crippen LogP contribution in [-0.2, 0) is 12.0 Å². The molecule has 7 nitrogen and oxygen atoms in total. The average Bonchev–Trinajstić information content (AvgIpc) is 2.82. The van der Waals surface area contributed by atoms with Crippen molar-refractivity contribution < 1.29 is 0 Å². The monoisotopic (exact) mass is 281 g/mol. The highest BCUT2D eigenvalue weighted by molar-refractivity contribution is 6.30. The number of hydrogen-bond acceptors (Lipinski definition) is 6. The number of nitrogens with one attached hydrogen (secondary N) is 2. The minimum absolute atomic E-state index is 0.167. The number of halogens is 1. The van der Waals surface area contributed by atoms with E-state index in [-0.39, 0.29) is 5.41 Å². The van der Waals surface area contributed by atoms with Gasteiger partial charge in [0.15, 0.2) is 5.82 Å². The van der Waals surface area contributed by atoms with Crippen molar-refractivity contribution in [1.29, 1.82) is 0 Å². The van der Waals surface area contributed by atoms with Crippen LogP contribution < -0.4 is 5.32 Å². The van der Waals surface area contributed by atoms with Crippen LogP contribution in [-0.4, -0.2) is 30.6 Å². The van der Waals surface area contributed by atoms with Gasteiger partial charge in [-0.2, -0.15) is 5.21 Å². The van der Waals surface area contributed by atoms with Gasteiger partial charge in [0.05, 0.1) is 6.54 Å². The van der Waals surface area contributed by atoms with Crippen LogP contribution in [0.4, 0.5) is 5.82 Å². The Balaban J connectivity index is 2.26. The Kier molecular flexibility index (Phi) is 3.66. The minimum Gasteiger partial charge on any atom is -0.362 e. The maximum atomic E-state index is 6.14. The number of nitrogens with zero attached hydrogens (tertiary/aromatic N) is 5. The summed E-state index contributed by atoms with van der Waals surface area (Å²) in [5.41, 5.74) is 0.637. The molecule has 2 aromatic heterocycles. The summed E-state index contributed by atoms with van der Waals surface area (Å²) < 4.78 is 0. The number of anilines is 1. The van der Waals surface area contributed by atoms with Crippen molar-refractivity contribution in [3.8, 4) is 0 Å². The van der Waals surface area contributed by atoms with Gasteiger partial charge in [-0.15, -0.1) is 10.2 Å². The fourth-order valence-electron chi connectivity index (χ4n) is 1.42. The van der Waals surface area contributed by atoms with E-state index >= 15 is 0 Å². The lowest BCUT2D eigenvalue weighted by Gasteiger charge is -2.19. The van der Waals surface area contributed by atoms with Gasteiger partial charge in [-0.1, -0.05) is 37.6 Å². The van der Waals surface area contributed by atoms with Crippen molar-refractivity contribution in [2.45, 2.75) is 39.7 Å². The summed E-state index contributed by atoms with van der Waals surface area (Å²) in [6.07, 6.45) is 0. The minimum atomic E-state index is -0.167. The first-order chi connectivity index (χ1) is 8.88. The third-order valence-corrected chi connectivity index (χ3v) is 2.93. The second-order valence-electron chi connectivity index (χ2n) is 5.24. The number of H-pyrrole nitrogens is 1. The summed E-state index contributed by atoms with van der Waals surface area (Å²) in [5.74, 6) is 1.94. The van der Waals surface area contributed by atoms with Gasteiger partial charge in [0, 0.05) is 11.0 Å². The zero-order chi connectivity index (χ0) is 14.0. The van der Waals surface area contributed by atoms with E-state index in [0.29, 0.717) is 29.2 Å². The highest BCUT2D eigenvalue weighted by Gasteiger charge is 2.20. The van der Waals surface area contributed by atoms with Crippen LogP contribution in [0.3, 0.4) is 0 Å². The molecule has 2 N–H and O–H groups in total. The largest absolute Gasteiger partial charge is 0.362 e. The molecule has 0 amide bonds. The molecule has 0 bridgehead atoms. The van der Waals surface area contributed by atoms with Crippen LogP contribution in [0.5, 0.6) is 0 Å². The van der Waals surface area contributed by atoms with E-state index in [2.05, 4.69) is 35.9 Å². The Hall–Kier alpha value is -1.76. The van der Waals surface area contributed by atoms with Gasteiger partial charge in [-0.25, -0.2) is 9.97 Å². The number of rotatable bonds is 3. The second-order valence-corrected chi connectivity index (χ2v) is 5.60. The molecule has 0 radical (unpaired) electrons. The Bertz CT molecular complexity index is 559. The normalized spacial score (nSPS) is 11.6. The Morgan fingerprint density at radius 1 is 1.26 bits per heavy atom. The SMILES string of the molecule is Cc1c(Cl)nc(C(C)(C)C)nc1NCc1nn[nH]n1. The highest BCUT2D eigenvalue weighted by Crippen LogP contribution is 2.26. The Morgan fingerprint density at radius 3 is 2.58 bits per heavy atom. The van der Waals surface area contributed by atoms with Crippen LogP contribution in [0, 0.1) is 6.92 Å². The topological polar surface area (TPSA) is 92.3 Å². The van der Waals surface area contributed by atoms with Gasteiger partial charge in [0.2, 0.25) is 0 Å². The van der Waals surface area contributed by atoms with Gasteiger partial charge in [-0.05, 0) is 6.92 Å². The summed E-state index contributed by atoms with van der Waals surface area (Å²) in [6.45, 7) is 8.41. The first kappa shape index (κ1) is 13.7. The lowest BCUT2D eigenvalue weighted by atomic mass is 9.95. The molecule has 2 heterocycles. The molecule has 0 aromatic carbocycles. The van der Waals surface area contributed by atoms with E-state index < -0.39 is 0 Å². The van der Waals surface area contributed by atoms with Crippen LogP contribution in [0.15, 0.2) is 0 Å². The lowest BCUT2D eigenvalue weighted by molar-refractivity contribution is 0.545. The van der Waals surface area contributed by atoms with E-state index in [4.69, 9.17) is 11.6 Å². The molecular weight excluding hydrogens is 266 g/mol. The first-order valence-corrected chi connectivity index (χ1v) is 6.26.